The third kappa shape index (κ3) is 28.0. The molecule has 0 amide bonds. The topological polar surface area (TPSA) is 102 Å². The molecule has 21 heteroatoms. The normalized spacial score (nSPS) is 12.5. The molecule has 6 aromatic heterocycles. The average Bonchev–Trinajstić information content (AvgIpc) is 1.61. The Morgan fingerprint density at radius 1 is 0.248 bits per heavy atom. The van der Waals surface area contributed by atoms with Crippen LogP contribution in [-0.2, 0) is 19.6 Å². The van der Waals surface area contributed by atoms with E-state index in [-0.39, 0.29) is 340 Å². The zero-order chi connectivity index (χ0) is 74.7. The quantitative estimate of drug-likeness (QED) is 0.161. The van der Waals surface area contributed by atoms with Crippen LogP contribution in [0.15, 0.2) is 274 Å². The Kier molecular flexibility index (Phi) is 52.7. The van der Waals surface area contributed by atoms with Gasteiger partial charge in [0, 0.05) is 405 Å². The van der Waals surface area contributed by atoms with Crippen molar-refractivity contribution >= 4 is 131 Å². The molecule has 618 valence electrons. The monoisotopic (exact) mass is 1780 g/mol. The van der Waals surface area contributed by atoms with Gasteiger partial charge in [-0.2, -0.15) is 0 Å². The van der Waals surface area contributed by atoms with Crippen LogP contribution in [0.1, 0.15) is 97.3 Å². The Hall–Kier alpha value is 0.0577. The predicted molar refractivity (Wildman–Crippen MR) is 461 cm³/mol. The number of aromatic nitrogens is 9. The molecule has 0 radical (unpaired) electrons. The number of likely N-dealkylation sites (tertiary alicyclic amines) is 3. The molecule has 3 aliphatic rings. The fourth-order valence-electron chi connectivity index (χ4n) is 15.1. The minimum absolute atomic E-state index is 0. The first kappa shape index (κ1) is 109. The number of rotatable bonds is 6. The number of para-hydroxylation sites is 7. The van der Waals surface area contributed by atoms with E-state index in [0.717, 1.165) is 50.1 Å². The number of hydrogen-bond acceptors (Lipinski definition) is 9. The van der Waals surface area contributed by atoms with E-state index in [9.17, 15) is 0 Å². The molecular formula is C96H102Ar9N12. The first-order valence-electron chi connectivity index (χ1n) is 39.1. The molecule has 0 bridgehead atoms. The third-order valence-corrected chi connectivity index (χ3v) is 20.5. The number of nitrogens with zero attached hydrogens (tertiary/aromatic N) is 12. The number of fused-ring (bicyclic) bond motifs is 15. The van der Waals surface area contributed by atoms with Crippen molar-refractivity contribution in [1.29, 1.82) is 0 Å². The first-order valence-corrected chi connectivity index (χ1v) is 39.1. The van der Waals surface area contributed by atoms with Crippen LogP contribution < -0.4 is 0 Å². The van der Waals surface area contributed by atoms with E-state index in [1.165, 1.54) is 176 Å². The van der Waals surface area contributed by atoms with Gasteiger partial charge in [0.1, 0.15) is 12.2 Å². The SMILES string of the molecule is CC.CC.CC.CN1CCCC1.CN1CCCC1.CN1CCCC1.[Ar].[Ar].[Ar].[Ar].[Ar].[Ar].[Ar].[Ar].[Ar].c1ccc2cc3c(cc2c1)c1ccccc1n3Cc1cnc2ccccc2n1.c1ccc2cc3c(cc2c1)c1ccccc1n3Cc1ncc2ccccc2n1.c1ccc2cc3c(cc2c1)c1ccccc1n3Cc1ncnc2ccccc12. The summed E-state index contributed by atoms with van der Waals surface area (Å²) >= 11 is 0. The van der Waals surface area contributed by atoms with Gasteiger partial charge in [-0.05, 0) is 210 Å². The largest absolute Gasteiger partial charge is 0.334 e. The molecule has 0 saturated carbocycles. The summed E-state index contributed by atoms with van der Waals surface area (Å²) in [5.74, 6) is 0.828. The molecule has 18 aromatic rings. The van der Waals surface area contributed by atoms with E-state index in [1.54, 1.807) is 6.33 Å². The molecule has 3 fully saturated rings. The van der Waals surface area contributed by atoms with Gasteiger partial charge in [-0.25, -0.2) is 24.9 Å². The summed E-state index contributed by atoms with van der Waals surface area (Å²) in [6, 6.07) is 89.6. The molecule has 3 saturated heterocycles. The van der Waals surface area contributed by atoms with Gasteiger partial charge in [0.25, 0.3) is 0 Å². The molecule has 3 aliphatic heterocycles. The zero-order valence-corrected chi connectivity index (χ0v) is 74.0. The molecular weight excluding hydrogens is 1680 g/mol. The van der Waals surface area contributed by atoms with Crippen molar-refractivity contribution in [2.75, 3.05) is 60.4 Å². The maximum absolute atomic E-state index is 4.84. The smallest absolute Gasteiger partial charge is 0.148 e. The van der Waals surface area contributed by atoms with Gasteiger partial charge in [0.05, 0.1) is 75.8 Å². The van der Waals surface area contributed by atoms with E-state index in [2.05, 4.69) is 264 Å². The summed E-state index contributed by atoms with van der Waals surface area (Å²) in [6.45, 7) is 22.0. The predicted octanol–water partition coefficient (Wildman–Crippen LogP) is 23.0. The second-order valence-corrected chi connectivity index (χ2v) is 27.5. The van der Waals surface area contributed by atoms with Gasteiger partial charge in [-0.3, -0.25) is 4.98 Å². The maximum Gasteiger partial charge on any atom is 0.148 e. The summed E-state index contributed by atoms with van der Waals surface area (Å²) in [5, 5.41) is 17.4. The second kappa shape index (κ2) is 56.4. The van der Waals surface area contributed by atoms with Gasteiger partial charge in [0.15, 0.2) is 0 Å². The van der Waals surface area contributed by atoms with Crippen LogP contribution in [0.3, 0.4) is 0 Å². The Bertz CT molecular complexity index is 5760. The van der Waals surface area contributed by atoms with Crippen molar-refractivity contribution in [3.8, 4) is 0 Å². The summed E-state index contributed by atoms with van der Waals surface area (Å²) in [7, 11) is 6.52. The van der Waals surface area contributed by atoms with Gasteiger partial charge in [0.2, 0.25) is 0 Å². The van der Waals surface area contributed by atoms with Crippen LogP contribution in [0.25, 0.3) is 131 Å². The molecule has 0 aliphatic carbocycles. The van der Waals surface area contributed by atoms with Crippen molar-refractivity contribution in [3.05, 3.63) is 291 Å². The van der Waals surface area contributed by atoms with Gasteiger partial charge in [-0.15, -0.1) is 0 Å². The fourth-order valence-corrected chi connectivity index (χ4v) is 15.1. The molecule has 21 rings (SSSR count). The van der Waals surface area contributed by atoms with E-state index in [0.29, 0.717) is 19.6 Å². The van der Waals surface area contributed by atoms with Crippen LogP contribution in [0.5, 0.6) is 0 Å². The minimum Gasteiger partial charge on any atom is -0.334 e. The summed E-state index contributed by atoms with van der Waals surface area (Å²) < 4.78 is 7.07. The minimum atomic E-state index is 0. The average molecular weight is 1780 g/mol. The van der Waals surface area contributed by atoms with Crippen LogP contribution in [0.4, 0.5) is 0 Å². The molecule has 0 spiro atoms. The zero-order valence-electron chi connectivity index (χ0n) is 67.6. The summed E-state index contributed by atoms with van der Waals surface area (Å²) in [6.07, 6.45) is 14.0. The molecule has 9 heterocycles. The Labute approximate surface area is 961 Å². The van der Waals surface area contributed by atoms with Gasteiger partial charge >= 0.3 is 0 Å². The summed E-state index contributed by atoms with van der Waals surface area (Å²) in [5.41, 5.74) is 13.2. The van der Waals surface area contributed by atoms with Crippen LogP contribution in [0, 0.1) is 340 Å². The van der Waals surface area contributed by atoms with E-state index < -0.39 is 0 Å². The van der Waals surface area contributed by atoms with Crippen LogP contribution in [-0.4, -0.2) is 119 Å². The van der Waals surface area contributed by atoms with E-state index in [1.807, 2.05) is 115 Å². The van der Waals surface area contributed by atoms with E-state index in [4.69, 9.17) is 9.97 Å². The van der Waals surface area contributed by atoms with Gasteiger partial charge < -0.3 is 28.4 Å². The summed E-state index contributed by atoms with van der Waals surface area (Å²) in [4.78, 5) is 35.0. The molecule has 0 N–H and O–H groups in total. The van der Waals surface area contributed by atoms with E-state index >= 15 is 0 Å². The van der Waals surface area contributed by atoms with Crippen LogP contribution >= 0.6 is 0 Å². The Morgan fingerprint density at radius 2 is 0.564 bits per heavy atom. The maximum atomic E-state index is 4.84. The van der Waals surface area contributed by atoms with Gasteiger partial charge in [-0.1, -0.05) is 217 Å². The third-order valence-electron chi connectivity index (χ3n) is 20.5. The molecule has 12 aromatic carbocycles. The fraction of sp³-hybridized carbons (Fsp3) is 0.250. The molecule has 0 atom stereocenters. The number of hydrogen-bond donors (Lipinski definition) is 0. The molecule has 117 heavy (non-hydrogen) atoms. The van der Waals surface area contributed by atoms with Crippen molar-refractivity contribution in [1.82, 2.24) is 58.3 Å². The Balaban J connectivity index is 0.000000312. The van der Waals surface area contributed by atoms with Crippen molar-refractivity contribution < 1.29 is 340 Å². The molecule has 0 unspecified atom stereocenters. The standard InChI is InChI=1S/3C25H17N3.3C5H11N.3C2H6.9Ar/c1-2-8-18-14-25-21(13-17(18)7-1)20-9-3-6-12-24(20)28(25)16-19-15-26-22-10-4-5-11-23(22)27-19;1-2-8-18-14-25-21(13-17(18)7-1)19-9-4-6-12-24(19)28(25)15-23-20-10-3-5-11-22(20)26-16-27-23;1-2-8-18-14-24-21(13-17(18)7-1)20-10-4-6-12-23(20)28(24)16-25-26-15-19-9-3-5-11-22(19)27-25;3*1-6-4-2-3-5-6;3*1-2;;;;;;;;;/h1-15H,16H2;1-14,16H,15H2;1-15H,16H2;3*2-5H2,1H3;3*1-2H3;;;;;;;;;. The first-order chi connectivity index (χ1) is 53.3. The van der Waals surface area contributed by atoms with Crippen molar-refractivity contribution in [2.24, 2.45) is 0 Å². The van der Waals surface area contributed by atoms with Crippen molar-refractivity contribution in [2.45, 2.75) is 99.7 Å². The molecule has 12 nitrogen and oxygen atoms in total. The second-order valence-electron chi connectivity index (χ2n) is 27.5. The Morgan fingerprint density at radius 3 is 0.957 bits per heavy atom. The van der Waals surface area contributed by atoms with Crippen LogP contribution in [0.2, 0.25) is 0 Å². The van der Waals surface area contributed by atoms with Crippen molar-refractivity contribution in [3.63, 3.8) is 0 Å². The number of benzene rings is 12.